The average Bonchev–Trinajstić information content (AvgIpc) is 2.33. The third kappa shape index (κ3) is 2.83. The van der Waals surface area contributed by atoms with E-state index in [1.807, 2.05) is 6.07 Å². The van der Waals surface area contributed by atoms with E-state index in [1.165, 1.54) is 5.56 Å². The molecule has 1 aliphatic heterocycles. The van der Waals surface area contributed by atoms with Crippen LogP contribution in [0.2, 0.25) is 0 Å². The minimum atomic E-state index is -0.181. The number of aliphatic hydroxyl groups excluding tert-OH is 1. The molecular weight excluding hydrogens is 200 g/mol. The van der Waals surface area contributed by atoms with Gasteiger partial charge in [-0.2, -0.15) is 0 Å². The smallest absolute Gasteiger partial charge is 0.0612 e. The monoisotopic (exact) mass is 220 g/mol. The summed E-state index contributed by atoms with van der Waals surface area (Å²) in [5.74, 6) is 0.784. The van der Waals surface area contributed by atoms with E-state index in [2.05, 4.69) is 31.2 Å². The van der Waals surface area contributed by atoms with Crippen LogP contribution in [-0.2, 0) is 4.74 Å². The maximum absolute atomic E-state index is 9.88. The van der Waals surface area contributed by atoms with E-state index in [4.69, 9.17) is 4.74 Å². The molecule has 1 saturated heterocycles. The highest BCUT2D eigenvalue weighted by atomic mass is 16.5. The van der Waals surface area contributed by atoms with Crippen LogP contribution in [0.3, 0.4) is 0 Å². The molecule has 0 saturated carbocycles. The van der Waals surface area contributed by atoms with Crippen LogP contribution in [0.25, 0.3) is 0 Å². The summed E-state index contributed by atoms with van der Waals surface area (Å²) in [6.07, 6.45) is 1.61. The summed E-state index contributed by atoms with van der Waals surface area (Å²) in [6, 6.07) is 10.5. The topological polar surface area (TPSA) is 29.5 Å². The molecule has 2 heteroatoms. The SMILES string of the molecule is C[C@@H](C[C@H]1COCC[C@@H]1O)c1ccccc1. The second-order valence-corrected chi connectivity index (χ2v) is 4.74. The molecule has 0 bridgehead atoms. The molecular formula is C14H20O2. The molecule has 1 aromatic rings. The van der Waals surface area contributed by atoms with E-state index in [0.717, 1.165) is 12.8 Å². The maximum atomic E-state index is 9.88. The molecule has 2 nitrogen and oxygen atoms in total. The predicted molar refractivity (Wildman–Crippen MR) is 64.4 cm³/mol. The molecule has 0 radical (unpaired) electrons. The highest BCUT2D eigenvalue weighted by molar-refractivity contribution is 5.18. The maximum Gasteiger partial charge on any atom is 0.0612 e. The summed E-state index contributed by atoms with van der Waals surface area (Å²) in [6.45, 7) is 3.63. The molecule has 2 rings (SSSR count). The summed E-state index contributed by atoms with van der Waals surface area (Å²) >= 11 is 0. The Kier molecular flexibility index (Phi) is 3.97. The van der Waals surface area contributed by atoms with Gasteiger partial charge in [0.25, 0.3) is 0 Å². The van der Waals surface area contributed by atoms with Crippen molar-refractivity contribution < 1.29 is 9.84 Å². The molecule has 0 amide bonds. The molecule has 1 N–H and O–H groups in total. The Morgan fingerprint density at radius 1 is 1.38 bits per heavy atom. The lowest BCUT2D eigenvalue weighted by Crippen LogP contribution is -2.32. The largest absolute Gasteiger partial charge is 0.393 e. The van der Waals surface area contributed by atoms with E-state index in [-0.39, 0.29) is 6.10 Å². The number of benzene rings is 1. The first-order chi connectivity index (χ1) is 7.77. The van der Waals surface area contributed by atoms with Crippen molar-refractivity contribution in [1.82, 2.24) is 0 Å². The third-order valence-electron chi connectivity index (χ3n) is 3.46. The lowest BCUT2D eigenvalue weighted by Gasteiger charge is -2.29. The van der Waals surface area contributed by atoms with Crippen LogP contribution >= 0.6 is 0 Å². The van der Waals surface area contributed by atoms with Crippen LogP contribution in [0.4, 0.5) is 0 Å². The molecule has 0 spiro atoms. The summed E-state index contributed by atoms with van der Waals surface area (Å²) in [5.41, 5.74) is 1.35. The number of rotatable bonds is 3. The highest BCUT2D eigenvalue weighted by Crippen LogP contribution is 2.28. The Labute approximate surface area is 97.3 Å². The predicted octanol–water partition coefficient (Wildman–Crippen LogP) is 2.58. The van der Waals surface area contributed by atoms with E-state index in [1.54, 1.807) is 0 Å². The van der Waals surface area contributed by atoms with Crippen LogP contribution in [0, 0.1) is 5.92 Å². The van der Waals surface area contributed by atoms with Crippen LogP contribution in [0.5, 0.6) is 0 Å². The zero-order valence-corrected chi connectivity index (χ0v) is 9.80. The van der Waals surface area contributed by atoms with Gasteiger partial charge in [0, 0.05) is 12.5 Å². The van der Waals surface area contributed by atoms with Crippen molar-refractivity contribution in [3.63, 3.8) is 0 Å². The van der Waals surface area contributed by atoms with Crippen molar-refractivity contribution in [3.05, 3.63) is 35.9 Å². The van der Waals surface area contributed by atoms with Gasteiger partial charge in [-0.05, 0) is 24.3 Å². The molecule has 0 unspecified atom stereocenters. The van der Waals surface area contributed by atoms with E-state index < -0.39 is 0 Å². The third-order valence-corrected chi connectivity index (χ3v) is 3.46. The molecule has 3 atom stereocenters. The van der Waals surface area contributed by atoms with Crippen molar-refractivity contribution in [1.29, 1.82) is 0 Å². The van der Waals surface area contributed by atoms with Gasteiger partial charge in [-0.1, -0.05) is 37.3 Å². The molecule has 16 heavy (non-hydrogen) atoms. The van der Waals surface area contributed by atoms with Gasteiger partial charge in [0.15, 0.2) is 0 Å². The first-order valence-electron chi connectivity index (χ1n) is 6.08. The average molecular weight is 220 g/mol. The fourth-order valence-corrected chi connectivity index (χ4v) is 2.38. The summed E-state index contributed by atoms with van der Waals surface area (Å²) in [4.78, 5) is 0. The molecule has 88 valence electrons. The Bertz CT molecular complexity index is 310. The van der Waals surface area contributed by atoms with Crippen molar-refractivity contribution in [2.75, 3.05) is 13.2 Å². The quantitative estimate of drug-likeness (QED) is 0.848. The molecule has 1 heterocycles. The van der Waals surface area contributed by atoms with Crippen LogP contribution in [0.1, 0.15) is 31.2 Å². The number of ether oxygens (including phenoxy) is 1. The Morgan fingerprint density at radius 3 is 2.81 bits per heavy atom. The van der Waals surface area contributed by atoms with Gasteiger partial charge in [0.05, 0.1) is 12.7 Å². The van der Waals surface area contributed by atoms with Gasteiger partial charge in [-0.25, -0.2) is 0 Å². The fraction of sp³-hybridized carbons (Fsp3) is 0.571. The molecule has 0 aliphatic carbocycles. The van der Waals surface area contributed by atoms with Crippen molar-refractivity contribution in [2.24, 2.45) is 5.92 Å². The van der Waals surface area contributed by atoms with Gasteiger partial charge < -0.3 is 9.84 Å². The summed E-state index contributed by atoms with van der Waals surface area (Å²) in [5, 5.41) is 9.88. The first kappa shape index (κ1) is 11.6. The summed E-state index contributed by atoms with van der Waals surface area (Å²) < 4.78 is 5.43. The minimum absolute atomic E-state index is 0.181. The van der Waals surface area contributed by atoms with Crippen LogP contribution in [0.15, 0.2) is 30.3 Å². The van der Waals surface area contributed by atoms with Crippen molar-refractivity contribution >= 4 is 0 Å². The molecule has 1 aromatic carbocycles. The van der Waals surface area contributed by atoms with Gasteiger partial charge in [0.2, 0.25) is 0 Å². The second kappa shape index (κ2) is 5.46. The van der Waals surface area contributed by atoms with Crippen molar-refractivity contribution in [3.8, 4) is 0 Å². The van der Waals surface area contributed by atoms with Gasteiger partial charge in [-0.15, -0.1) is 0 Å². The van der Waals surface area contributed by atoms with E-state index in [9.17, 15) is 5.11 Å². The number of hydrogen-bond acceptors (Lipinski definition) is 2. The van der Waals surface area contributed by atoms with Crippen LogP contribution in [-0.4, -0.2) is 24.4 Å². The zero-order valence-electron chi connectivity index (χ0n) is 9.80. The highest BCUT2D eigenvalue weighted by Gasteiger charge is 2.25. The second-order valence-electron chi connectivity index (χ2n) is 4.74. The Hall–Kier alpha value is -0.860. The first-order valence-corrected chi connectivity index (χ1v) is 6.08. The van der Waals surface area contributed by atoms with Crippen LogP contribution < -0.4 is 0 Å². The number of aliphatic hydroxyl groups is 1. The standard InChI is InChI=1S/C14H20O2/c1-11(12-5-3-2-4-6-12)9-13-10-16-8-7-14(13)15/h2-6,11,13-15H,7-10H2,1H3/t11-,13-,14-/m0/s1. The van der Waals surface area contributed by atoms with E-state index >= 15 is 0 Å². The normalized spacial score (nSPS) is 27.6. The Morgan fingerprint density at radius 2 is 2.12 bits per heavy atom. The lowest BCUT2D eigenvalue weighted by atomic mass is 9.86. The summed E-state index contributed by atoms with van der Waals surface area (Å²) in [7, 11) is 0. The Balaban J connectivity index is 1.94. The van der Waals surface area contributed by atoms with Gasteiger partial charge in [0.1, 0.15) is 0 Å². The number of hydrogen-bond donors (Lipinski definition) is 1. The lowest BCUT2D eigenvalue weighted by molar-refractivity contribution is -0.0400. The zero-order chi connectivity index (χ0) is 11.4. The minimum Gasteiger partial charge on any atom is -0.393 e. The van der Waals surface area contributed by atoms with E-state index in [0.29, 0.717) is 25.0 Å². The fourth-order valence-electron chi connectivity index (χ4n) is 2.38. The molecule has 0 aromatic heterocycles. The molecule has 1 aliphatic rings. The van der Waals surface area contributed by atoms with Gasteiger partial charge in [-0.3, -0.25) is 0 Å². The van der Waals surface area contributed by atoms with Gasteiger partial charge >= 0.3 is 0 Å². The molecule has 1 fully saturated rings. The van der Waals surface area contributed by atoms with Crippen molar-refractivity contribution in [2.45, 2.75) is 31.8 Å².